The number of rotatable bonds is 4. The summed E-state index contributed by atoms with van der Waals surface area (Å²) in [6.07, 6.45) is 3.84. The topological polar surface area (TPSA) is 108 Å². The van der Waals surface area contributed by atoms with Crippen LogP contribution in [0.4, 0.5) is 13.2 Å². The highest BCUT2D eigenvalue weighted by Gasteiger charge is 2.50. The van der Waals surface area contributed by atoms with Crippen LogP contribution in [0, 0.1) is 23.0 Å². The van der Waals surface area contributed by atoms with Crippen LogP contribution in [0.3, 0.4) is 0 Å². The van der Waals surface area contributed by atoms with Crippen LogP contribution in [0.2, 0.25) is 0 Å². The first kappa shape index (κ1) is 21.0. The maximum atomic E-state index is 14.8. The van der Waals surface area contributed by atoms with Gasteiger partial charge in [0, 0.05) is 36.8 Å². The number of carbonyl (C=O) groups is 1. The number of hydrogen-bond acceptors (Lipinski definition) is 6. The van der Waals surface area contributed by atoms with Gasteiger partial charge in [0.05, 0.1) is 11.3 Å². The van der Waals surface area contributed by atoms with Crippen molar-refractivity contribution >= 4 is 11.9 Å². The van der Waals surface area contributed by atoms with Crippen LogP contribution in [-0.2, 0) is 17.0 Å². The van der Waals surface area contributed by atoms with Crippen molar-refractivity contribution in [2.24, 2.45) is 10.7 Å². The second kappa shape index (κ2) is 7.77. The molecule has 0 spiro atoms. The maximum Gasteiger partial charge on any atom is 0.266 e. The lowest BCUT2D eigenvalue weighted by Crippen LogP contribution is -2.41. The van der Waals surface area contributed by atoms with E-state index in [9.17, 15) is 18.0 Å². The molecule has 4 rings (SSSR count). The Morgan fingerprint density at radius 2 is 1.97 bits per heavy atom. The first-order valence-electron chi connectivity index (χ1n) is 9.31. The lowest BCUT2D eigenvalue weighted by molar-refractivity contribution is -0.129. The number of amides is 1. The predicted molar refractivity (Wildman–Crippen MR) is 109 cm³/mol. The molecule has 1 unspecified atom stereocenters. The zero-order valence-corrected chi connectivity index (χ0v) is 16.7. The van der Waals surface area contributed by atoms with Crippen molar-refractivity contribution in [1.29, 1.82) is 5.26 Å². The van der Waals surface area contributed by atoms with Gasteiger partial charge in [-0.2, -0.15) is 5.26 Å². The summed E-state index contributed by atoms with van der Waals surface area (Å²) in [5, 5.41) is 9.12. The number of benzene rings is 1. The summed E-state index contributed by atoms with van der Waals surface area (Å²) >= 11 is 0. The molecule has 2 N–H and O–H groups in total. The van der Waals surface area contributed by atoms with Gasteiger partial charge in [0.2, 0.25) is 0 Å². The fraction of sp³-hybridized carbons (Fsp3) is 0.136. The average molecular weight is 436 g/mol. The third-order valence-electron chi connectivity index (χ3n) is 5.24. The molecule has 1 amide bonds. The molecule has 1 aromatic carbocycles. The number of nitriles is 1. The van der Waals surface area contributed by atoms with Gasteiger partial charge in [-0.3, -0.25) is 19.7 Å². The minimum Gasteiger partial charge on any atom is -0.369 e. The van der Waals surface area contributed by atoms with Gasteiger partial charge in [-0.1, -0.05) is 0 Å². The van der Waals surface area contributed by atoms with Gasteiger partial charge in [0.15, 0.2) is 23.1 Å². The minimum absolute atomic E-state index is 0.0259. The van der Waals surface area contributed by atoms with Crippen LogP contribution in [0.25, 0.3) is 11.1 Å². The van der Waals surface area contributed by atoms with E-state index in [2.05, 4.69) is 15.0 Å². The number of likely N-dealkylation sites (N-methyl/N-ethyl adjacent to an activating group) is 1. The molecule has 3 aromatic rings. The smallest absolute Gasteiger partial charge is 0.266 e. The normalized spacial score (nSPS) is 17.9. The molecule has 3 heterocycles. The summed E-state index contributed by atoms with van der Waals surface area (Å²) in [5.41, 5.74) is 4.27. The SMILES string of the molecule is CN1C(=O)C(c2ccnc(CF)c2)(c2cc(F)c(F)c(-c3cncc(C#N)c3)c2)N=C1N. The third kappa shape index (κ3) is 3.15. The molecule has 10 heteroatoms. The van der Waals surface area contributed by atoms with E-state index in [1.54, 1.807) is 0 Å². The molecule has 1 aliphatic rings. The molecule has 0 aliphatic carbocycles. The fourth-order valence-electron chi connectivity index (χ4n) is 3.62. The van der Waals surface area contributed by atoms with Gasteiger partial charge < -0.3 is 5.73 Å². The number of aromatic nitrogens is 2. The number of guanidine groups is 1. The Labute approximate surface area is 180 Å². The van der Waals surface area contributed by atoms with Gasteiger partial charge in [0.25, 0.3) is 5.91 Å². The number of halogens is 3. The predicted octanol–water partition coefficient (Wildman–Crippen LogP) is 2.79. The van der Waals surface area contributed by atoms with E-state index in [1.807, 2.05) is 6.07 Å². The first-order chi connectivity index (χ1) is 15.3. The van der Waals surface area contributed by atoms with E-state index in [-0.39, 0.29) is 39.5 Å². The molecule has 7 nitrogen and oxygen atoms in total. The maximum absolute atomic E-state index is 14.8. The molecule has 1 atom stereocenters. The molecule has 160 valence electrons. The Kier molecular flexibility index (Phi) is 5.10. The van der Waals surface area contributed by atoms with Gasteiger partial charge >= 0.3 is 0 Å². The summed E-state index contributed by atoms with van der Waals surface area (Å²) < 4.78 is 42.8. The lowest BCUT2D eigenvalue weighted by atomic mass is 9.81. The summed E-state index contributed by atoms with van der Waals surface area (Å²) in [6.45, 7) is -0.900. The number of aliphatic imine (C=N–C) groups is 1. The zero-order chi connectivity index (χ0) is 23.0. The Morgan fingerprint density at radius 1 is 1.19 bits per heavy atom. The van der Waals surface area contributed by atoms with Crippen LogP contribution < -0.4 is 5.73 Å². The van der Waals surface area contributed by atoms with Crippen LogP contribution in [-0.4, -0.2) is 33.8 Å². The third-order valence-corrected chi connectivity index (χ3v) is 5.24. The molecule has 0 saturated carbocycles. The second-order valence-electron chi connectivity index (χ2n) is 7.11. The van der Waals surface area contributed by atoms with Crippen molar-refractivity contribution in [2.75, 3.05) is 7.05 Å². The van der Waals surface area contributed by atoms with Gasteiger partial charge in [-0.15, -0.1) is 0 Å². The van der Waals surface area contributed by atoms with E-state index in [0.717, 1.165) is 11.0 Å². The van der Waals surface area contributed by atoms with E-state index in [1.165, 1.54) is 49.9 Å². The largest absolute Gasteiger partial charge is 0.369 e. The molecule has 0 saturated heterocycles. The average Bonchev–Trinajstić information content (AvgIpc) is 3.05. The quantitative estimate of drug-likeness (QED) is 0.677. The number of carbonyl (C=O) groups excluding carboxylic acids is 1. The number of alkyl halides is 1. The Balaban J connectivity index is 2.02. The van der Waals surface area contributed by atoms with Crippen molar-refractivity contribution in [3.8, 4) is 17.2 Å². The Morgan fingerprint density at radius 3 is 2.62 bits per heavy atom. The summed E-state index contributed by atoms with van der Waals surface area (Å²) in [4.78, 5) is 26.5. The molecule has 1 aliphatic heterocycles. The van der Waals surface area contributed by atoms with E-state index < -0.39 is 29.8 Å². The molecule has 0 fully saturated rings. The fourth-order valence-corrected chi connectivity index (χ4v) is 3.62. The Hall–Kier alpha value is -4.26. The number of hydrogen-bond donors (Lipinski definition) is 1. The van der Waals surface area contributed by atoms with E-state index >= 15 is 0 Å². The summed E-state index contributed by atoms with van der Waals surface area (Å²) in [6, 6.07) is 8.09. The second-order valence-corrected chi connectivity index (χ2v) is 7.11. The van der Waals surface area contributed by atoms with Crippen molar-refractivity contribution in [3.63, 3.8) is 0 Å². The highest BCUT2D eigenvalue weighted by atomic mass is 19.2. The van der Waals surface area contributed by atoms with Crippen molar-refractivity contribution in [3.05, 3.63) is 82.9 Å². The molecular weight excluding hydrogens is 421 g/mol. The molecule has 32 heavy (non-hydrogen) atoms. The lowest BCUT2D eigenvalue weighted by Gasteiger charge is -2.27. The van der Waals surface area contributed by atoms with Crippen LogP contribution >= 0.6 is 0 Å². The first-order valence-corrected chi connectivity index (χ1v) is 9.31. The van der Waals surface area contributed by atoms with Crippen molar-refractivity contribution in [2.45, 2.75) is 12.2 Å². The number of pyridine rings is 2. The summed E-state index contributed by atoms with van der Waals surface area (Å²) in [7, 11) is 1.39. The van der Waals surface area contributed by atoms with Gasteiger partial charge in [-0.05, 0) is 41.5 Å². The molecular formula is C22H15F3N6O. The van der Waals surface area contributed by atoms with Crippen LogP contribution in [0.5, 0.6) is 0 Å². The van der Waals surface area contributed by atoms with Crippen molar-refractivity contribution in [1.82, 2.24) is 14.9 Å². The standard InChI is InChI=1S/C22H15F3N6O/c1-31-20(32)22(30-21(31)27,14-2-3-29-16(5-14)8-23)15-6-17(19(25)18(24)7-15)13-4-12(9-26)10-28-11-13/h2-7,10-11H,8H2,1H3,(H2,27,30). The van der Waals surface area contributed by atoms with Gasteiger partial charge in [-0.25, -0.2) is 18.2 Å². The molecule has 2 aromatic heterocycles. The van der Waals surface area contributed by atoms with Gasteiger partial charge in [0.1, 0.15) is 12.7 Å². The highest BCUT2D eigenvalue weighted by molar-refractivity contribution is 6.09. The zero-order valence-electron chi connectivity index (χ0n) is 16.7. The van der Waals surface area contributed by atoms with Crippen LogP contribution in [0.1, 0.15) is 22.4 Å². The van der Waals surface area contributed by atoms with Crippen molar-refractivity contribution < 1.29 is 18.0 Å². The van der Waals surface area contributed by atoms with E-state index in [0.29, 0.717) is 0 Å². The number of nitrogens with zero attached hydrogens (tertiary/aromatic N) is 5. The molecule has 0 bridgehead atoms. The highest BCUT2D eigenvalue weighted by Crippen LogP contribution is 2.41. The minimum atomic E-state index is -1.88. The monoisotopic (exact) mass is 436 g/mol. The summed E-state index contributed by atoms with van der Waals surface area (Å²) in [5.74, 6) is -3.20. The van der Waals surface area contributed by atoms with Crippen LogP contribution in [0.15, 0.2) is 53.9 Å². The molecule has 0 radical (unpaired) electrons. The number of nitrogens with two attached hydrogens (primary N) is 1. The Bertz CT molecular complexity index is 1320. The van der Waals surface area contributed by atoms with E-state index in [4.69, 9.17) is 11.0 Å².